The van der Waals surface area contributed by atoms with Crippen LogP contribution in [-0.4, -0.2) is 64.4 Å². The van der Waals surface area contributed by atoms with E-state index in [4.69, 9.17) is 14.5 Å². The molecule has 2 fully saturated rings. The number of fused-ring (bicyclic) bond motifs is 1. The van der Waals surface area contributed by atoms with Crippen molar-refractivity contribution in [1.29, 1.82) is 0 Å². The van der Waals surface area contributed by atoms with E-state index in [9.17, 15) is 4.79 Å². The van der Waals surface area contributed by atoms with Gasteiger partial charge in [0.1, 0.15) is 17.0 Å². The number of hydrogen-bond acceptors (Lipinski definition) is 8. The van der Waals surface area contributed by atoms with Gasteiger partial charge in [-0.25, -0.2) is 9.97 Å². The second-order valence-corrected chi connectivity index (χ2v) is 9.45. The number of rotatable bonds is 5. The van der Waals surface area contributed by atoms with Gasteiger partial charge in [0.2, 0.25) is 5.95 Å². The molecule has 3 aliphatic rings. The number of amides is 1. The van der Waals surface area contributed by atoms with Gasteiger partial charge in [0.25, 0.3) is 5.91 Å². The smallest absolute Gasteiger partial charge is 0.253 e. The molecule has 0 unspecified atom stereocenters. The van der Waals surface area contributed by atoms with E-state index in [-0.39, 0.29) is 11.9 Å². The predicted molar refractivity (Wildman–Crippen MR) is 132 cm³/mol. The van der Waals surface area contributed by atoms with Gasteiger partial charge >= 0.3 is 0 Å². The first kappa shape index (κ1) is 21.8. The van der Waals surface area contributed by atoms with Crippen molar-refractivity contribution in [1.82, 2.24) is 19.5 Å². The zero-order chi connectivity index (χ0) is 24.2. The lowest BCUT2D eigenvalue weighted by atomic mass is 9.84. The molecule has 4 heterocycles. The van der Waals surface area contributed by atoms with Crippen LogP contribution in [0.5, 0.6) is 5.75 Å². The van der Waals surface area contributed by atoms with Crippen LogP contribution in [0.25, 0.3) is 5.69 Å². The van der Waals surface area contributed by atoms with E-state index in [1.54, 1.807) is 19.6 Å². The van der Waals surface area contributed by atoms with Crippen molar-refractivity contribution in [2.24, 2.45) is 0 Å². The van der Waals surface area contributed by atoms with Crippen LogP contribution in [0.4, 0.5) is 23.1 Å². The standard InChI is InChI=1S/C25H29N7O3/c1-16-14-31(15-27-16)19-7-4-17(12-21(19)34-3)28-24-26-13-20-22(29-24)30(2)25(8-10-35-11-9-25)23(33)32(20)18-5-6-18/h4,7,12-15,18H,5-6,8-11H2,1-3H3,(H,26,28,29). The average Bonchev–Trinajstić information content (AvgIpc) is 3.63. The van der Waals surface area contributed by atoms with Crippen molar-refractivity contribution in [3.63, 3.8) is 0 Å². The van der Waals surface area contributed by atoms with Crippen molar-refractivity contribution in [3.8, 4) is 11.4 Å². The van der Waals surface area contributed by atoms with Gasteiger partial charge in [-0.3, -0.25) is 4.79 Å². The SMILES string of the molecule is COc1cc(Nc2ncc3c(n2)N(C)C2(CCOCC2)C(=O)N3C2CC2)ccc1-n1cnc(C)c1. The van der Waals surface area contributed by atoms with E-state index in [1.807, 2.05) is 52.7 Å². The summed E-state index contributed by atoms with van der Waals surface area (Å²) in [6, 6.07) is 6.08. The van der Waals surface area contributed by atoms with Crippen molar-refractivity contribution in [3.05, 3.63) is 42.6 Å². The van der Waals surface area contributed by atoms with Gasteiger partial charge < -0.3 is 29.2 Å². The molecule has 10 nitrogen and oxygen atoms in total. The minimum Gasteiger partial charge on any atom is -0.494 e. The first-order chi connectivity index (χ1) is 17.0. The summed E-state index contributed by atoms with van der Waals surface area (Å²) in [5.74, 6) is 2.09. The summed E-state index contributed by atoms with van der Waals surface area (Å²) in [4.78, 5) is 31.4. The Morgan fingerprint density at radius 2 is 1.97 bits per heavy atom. The Morgan fingerprint density at radius 3 is 2.66 bits per heavy atom. The van der Waals surface area contributed by atoms with Crippen LogP contribution in [0.1, 0.15) is 31.4 Å². The highest BCUT2D eigenvalue weighted by atomic mass is 16.5. The van der Waals surface area contributed by atoms with Crippen LogP contribution in [0.3, 0.4) is 0 Å². The maximum Gasteiger partial charge on any atom is 0.253 e. The molecule has 1 aromatic carbocycles. The van der Waals surface area contributed by atoms with Crippen molar-refractivity contribution in [2.45, 2.75) is 44.2 Å². The number of benzene rings is 1. The highest BCUT2D eigenvalue weighted by molar-refractivity contribution is 6.08. The number of carbonyl (C=O) groups excluding carboxylic acids is 1. The monoisotopic (exact) mass is 475 g/mol. The lowest BCUT2D eigenvalue weighted by Gasteiger charge is -2.50. The lowest BCUT2D eigenvalue weighted by Crippen LogP contribution is -2.65. The Hall–Kier alpha value is -3.66. The first-order valence-electron chi connectivity index (χ1n) is 12.0. The Kier molecular flexibility index (Phi) is 5.14. The van der Waals surface area contributed by atoms with E-state index in [2.05, 4.69) is 15.3 Å². The maximum absolute atomic E-state index is 13.7. The molecule has 35 heavy (non-hydrogen) atoms. The molecule has 1 saturated heterocycles. The number of imidazole rings is 1. The molecule has 6 rings (SSSR count). The van der Waals surface area contributed by atoms with Gasteiger partial charge in [0.15, 0.2) is 5.82 Å². The molecule has 1 N–H and O–H groups in total. The third-order valence-electron chi connectivity index (χ3n) is 7.24. The van der Waals surface area contributed by atoms with Gasteiger partial charge in [-0.1, -0.05) is 0 Å². The second kappa shape index (κ2) is 8.23. The normalized spacial score (nSPS) is 19.1. The third kappa shape index (κ3) is 3.59. The summed E-state index contributed by atoms with van der Waals surface area (Å²) in [6.45, 7) is 3.09. The molecule has 2 aromatic heterocycles. The summed E-state index contributed by atoms with van der Waals surface area (Å²) in [5.41, 5.74) is 2.79. The Morgan fingerprint density at radius 1 is 1.17 bits per heavy atom. The fourth-order valence-corrected chi connectivity index (χ4v) is 5.13. The van der Waals surface area contributed by atoms with Crippen molar-refractivity contribution < 1.29 is 14.3 Å². The van der Waals surface area contributed by atoms with Crippen LogP contribution >= 0.6 is 0 Å². The number of nitrogens with one attached hydrogen (secondary N) is 1. The summed E-state index contributed by atoms with van der Waals surface area (Å²) >= 11 is 0. The molecule has 0 bridgehead atoms. The Bertz CT molecular complexity index is 1280. The largest absolute Gasteiger partial charge is 0.494 e. The van der Waals surface area contributed by atoms with Crippen LogP contribution in [0, 0.1) is 6.92 Å². The molecule has 1 aliphatic carbocycles. The lowest BCUT2D eigenvalue weighted by molar-refractivity contribution is -0.127. The van der Waals surface area contributed by atoms with Gasteiger partial charge in [0, 0.05) is 57.1 Å². The summed E-state index contributed by atoms with van der Waals surface area (Å²) in [6.07, 6.45) is 8.83. The molecule has 0 atom stereocenters. The molecular weight excluding hydrogens is 446 g/mol. The van der Waals surface area contributed by atoms with Crippen LogP contribution in [0.2, 0.25) is 0 Å². The molecule has 1 spiro atoms. The minimum atomic E-state index is -0.618. The Labute approximate surface area is 203 Å². The topological polar surface area (TPSA) is 97.6 Å². The van der Waals surface area contributed by atoms with E-state index in [1.165, 1.54) is 0 Å². The number of aromatic nitrogens is 4. The number of hydrogen-bond donors (Lipinski definition) is 1. The molecular formula is C25H29N7O3. The fourth-order valence-electron chi connectivity index (χ4n) is 5.13. The molecule has 1 amide bonds. The number of ether oxygens (including phenoxy) is 2. The first-order valence-corrected chi connectivity index (χ1v) is 12.0. The van der Waals surface area contributed by atoms with Crippen molar-refractivity contribution in [2.75, 3.05) is 42.5 Å². The number of methoxy groups -OCH3 is 1. The quantitative estimate of drug-likeness (QED) is 0.601. The molecule has 10 heteroatoms. The van der Waals surface area contributed by atoms with Gasteiger partial charge in [-0.15, -0.1) is 0 Å². The summed E-state index contributed by atoms with van der Waals surface area (Å²) in [5, 5.41) is 3.31. The summed E-state index contributed by atoms with van der Waals surface area (Å²) < 4.78 is 13.2. The maximum atomic E-state index is 13.7. The highest BCUT2D eigenvalue weighted by Crippen LogP contribution is 2.47. The highest BCUT2D eigenvalue weighted by Gasteiger charge is 2.54. The molecule has 1 saturated carbocycles. The van der Waals surface area contributed by atoms with Crippen LogP contribution in [0.15, 0.2) is 36.9 Å². The van der Waals surface area contributed by atoms with E-state index in [0.29, 0.717) is 37.8 Å². The molecule has 3 aromatic rings. The fraction of sp³-hybridized carbons (Fsp3) is 0.440. The zero-order valence-corrected chi connectivity index (χ0v) is 20.2. The number of nitrogens with zero attached hydrogens (tertiary/aromatic N) is 6. The molecule has 2 aliphatic heterocycles. The number of aryl methyl sites for hydroxylation is 1. The third-order valence-corrected chi connectivity index (χ3v) is 7.24. The number of carbonyl (C=O) groups is 1. The Balaban J connectivity index is 1.34. The second-order valence-electron chi connectivity index (χ2n) is 9.45. The van der Waals surface area contributed by atoms with Crippen molar-refractivity contribution >= 4 is 29.0 Å². The van der Waals surface area contributed by atoms with E-state index in [0.717, 1.165) is 41.4 Å². The zero-order valence-electron chi connectivity index (χ0n) is 20.2. The predicted octanol–water partition coefficient (Wildman–Crippen LogP) is 3.22. The molecule has 0 radical (unpaired) electrons. The average molecular weight is 476 g/mol. The number of anilines is 4. The van der Waals surface area contributed by atoms with E-state index >= 15 is 0 Å². The van der Waals surface area contributed by atoms with Crippen LogP contribution in [-0.2, 0) is 9.53 Å². The van der Waals surface area contributed by atoms with Gasteiger partial charge in [-0.05, 0) is 31.9 Å². The summed E-state index contributed by atoms with van der Waals surface area (Å²) in [7, 11) is 3.61. The van der Waals surface area contributed by atoms with E-state index < -0.39 is 5.54 Å². The van der Waals surface area contributed by atoms with Gasteiger partial charge in [0.05, 0.1) is 31.0 Å². The van der Waals surface area contributed by atoms with Gasteiger partial charge in [-0.2, -0.15) is 4.98 Å². The number of likely N-dealkylation sites (N-methyl/N-ethyl adjacent to an activating group) is 1. The molecule has 182 valence electrons. The van der Waals surface area contributed by atoms with Crippen LogP contribution < -0.4 is 19.9 Å². The minimum absolute atomic E-state index is 0.151.